The van der Waals surface area contributed by atoms with Crippen LogP contribution in [-0.2, 0) is 0 Å². The molecule has 1 rings (SSSR count). The monoisotopic (exact) mass is 228 g/mol. The molecule has 2 N–H and O–H groups in total. The lowest BCUT2D eigenvalue weighted by Gasteiger charge is -2.23. The molecule has 3 nitrogen and oxygen atoms in total. The Morgan fingerprint density at radius 2 is 2.20 bits per heavy atom. The molecule has 0 fully saturated rings. The van der Waals surface area contributed by atoms with Gasteiger partial charge in [0.25, 0.3) is 0 Å². The van der Waals surface area contributed by atoms with E-state index in [0.29, 0.717) is 11.7 Å². The van der Waals surface area contributed by atoms with E-state index < -0.39 is 0 Å². The van der Waals surface area contributed by atoms with Crippen LogP contribution in [0.4, 0.5) is 5.69 Å². The number of aryl methyl sites for hydroxylation is 1. The van der Waals surface area contributed by atoms with Crippen LogP contribution < -0.4 is 5.32 Å². The van der Waals surface area contributed by atoms with E-state index in [9.17, 15) is 0 Å². The van der Waals surface area contributed by atoms with Gasteiger partial charge < -0.3 is 10.4 Å². The van der Waals surface area contributed by atoms with Gasteiger partial charge >= 0.3 is 0 Å². The molecule has 4 heteroatoms. The molecule has 0 atom stereocenters. The molecule has 1 aromatic heterocycles. The average Bonchev–Trinajstić information content (AvgIpc) is 2.17. The van der Waals surface area contributed by atoms with E-state index in [1.165, 1.54) is 0 Å². The normalized spacial score (nSPS) is 11.5. The summed E-state index contributed by atoms with van der Waals surface area (Å²) in [6.45, 7) is 6.74. The molecule has 15 heavy (non-hydrogen) atoms. The summed E-state index contributed by atoms with van der Waals surface area (Å²) in [5.74, 6) is 0. The highest BCUT2D eigenvalue weighted by atomic mass is 35.5. The summed E-state index contributed by atoms with van der Waals surface area (Å²) < 4.78 is 0. The molecule has 1 aromatic rings. The summed E-state index contributed by atoms with van der Waals surface area (Å²) in [5.41, 5.74) is 1.75. The average molecular weight is 229 g/mol. The van der Waals surface area contributed by atoms with E-state index in [1.54, 1.807) is 6.20 Å². The van der Waals surface area contributed by atoms with Crippen molar-refractivity contribution in [1.29, 1.82) is 0 Å². The van der Waals surface area contributed by atoms with Crippen LogP contribution in [0.3, 0.4) is 0 Å². The van der Waals surface area contributed by atoms with Crippen molar-refractivity contribution >= 4 is 17.3 Å². The first kappa shape index (κ1) is 12.3. The van der Waals surface area contributed by atoms with Gasteiger partial charge in [0, 0.05) is 24.8 Å². The third kappa shape index (κ3) is 3.36. The Kier molecular flexibility index (Phi) is 3.94. The summed E-state index contributed by atoms with van der Waals surface area (Å²) in [7, 11) is 0. The van der Waals surface area contributed by atoms with Crippen LogP contribution in [0.25, 0.3) is 0 Å². The van der Waals surface area contributed by atoms with Crippen molar-refractivity contribution in [2.24, 2.45) is 5.41 Å². The fourth-order valence-corrected chi connectivity index (χ4v) is 1.39. The van der Waals surface area contributed by atoms with E-state index in [4.69, 9.17) is 16.7 Å². The van der Waals surface area contributed by atoms with E-state index in [1.807, 2.05) is 26.8 Å². The molecule has 0 aliphatic heterocycles. The molecule has 84 valence electrons. The Balaban J connectivity index is 2.73. The Labute approximate surface area is 95.5 Å². The molecule has 0 aliphatic carbocycles. The molecular weight excluding hydrogens is 212 g/mol. The lowest BCUT2D eigenvalue weighted by Crippen LogP contribution is -2.27. The van der Waals surface area contributed by atoms with Gasteiger partial charge in [0.1, 0.15) is 0 Å². The maximum Gasteiger partial charge on any atom is 0.152 e. The van der Waals surface area contributed by atoms with Gasteiger partial charge in [0.15, 0.2) is 5.15 Å². The first-order chi connectivity index (χ1) is 6.96. The summed E-state index contributed by atoms with van der Waals surface area (Å²) >= 11 is 5.97. The van der Waals surface area contributed by atoms with Crippen molar-refractivity contribution < 1.29 is 5.11 Å². The van der Waals surface area contributed by atoms with Crippen LogP contribution in [0.5, 0.6) is 0 Å². The first-order valence-electron chi connectivity index (χ1n) is 4.92. The summed E-state index contributed by atoms with van der Waals surface area (Å²) in [6, 6.07) is 1.90. The van der Waals surface area contributed by atoms with Gasteiger partial charge in [-0.1, -0.05) is 25.4 Å². The summed E-state index contributed by atoms with van der Waals surface area (Å²) in [5, 5.41) is 12.8. The van der Waals surface area contributed by atoms with Crippen LogP contribution in [0.2, 0.25) is 5.15 Å². The number of hydrogen-bond acceptors (Lipinski definition) is 3. The number of aliphatic hydroxyl groups excluding tert-OH is 1. The minimum Gasteiger partial charge on any atom is -0.396 e. The van der Waals surface area contributed by atoms with Crippen molar-refractivity contribution in [3.8, 4) is 0 Å². The van der Waals surface area contributed by atoms with Gasteiger partial charge in [-0.2, -0.15) is 0 Å². The van der Waals surface area contributed by atoms with Crippen LogP contribution in [0.15, 0.2) is 12.3 Å². The maximum atomic E-state index is 9.12. The topological polar surface area (TPSA) is 45.2 Å². The third-order valence-corrected chi connectivity index (χ3v) is 2.57. The van der Waals surface area contributed by atoms with Crippen LogP contribution in [-0.4, -0.2) is 23.2 Å². The SMILES string of the molecule is Cc1ccnc(Cl)c1NCC(C)(C)CO. The summed E-state index contributed by atoms with van der Waals surface area (Å²) in [6.07, 6.45) is 1.68. The number of rotatable bonds is 4. The van der Waals surface area contributed by atoms with E-state index in [-0.39, 0.29) is 12.0 Å². The van der Waals surface area contributed by atoms with Crippen molar-refractivity contribution in [2.45, 2.75) is 20.8 Å². The molecule has 0 spiro atoms. The Hall–Kier alpha value is -0.800. The molecule has 0 saturated heterocycles. The minimum absolute atomic E-state index is 0.136. The fourth-order valence-electron chi connectivity index (χ4n) is 1.12. The predicted octanol–water partition coefficient (Wildman–Crippen LogP) is 2.47. The van der Waals surface area contributed by atoms with Gasteiger partial charge in [-0.3, -0.25) is 0 Å². The molecule has 1 heterocycles. The van der Waals surface area contributed by atoms with Crippen LogP contribution in [0, 0.1) is 12.3 Å². The summed E-state index contributed by atoms with van der Waals surface area (Å²) in [4.78, 5) is 4.01. The van der Waals surface area contributed by atoms with Crippen LogP contribution in [0.1, 0.15) is 19.4 Å². The maximum absolute atomic E-state index is 9.12. The zero-order valence-corrected chi connectivity index (χ0v) is 10.1. The Morgan fingerprint density at radius 1 is 1.53 bits per heavy atom. The van der Waals surface area contributed by atoms with Crippen molar-refractivity contribution in [3.63, 3.8) is 0 Å². The first-order valence-corrected chi connectivity index (χ1v) is 5.30. The molecule has 0 saturated carbocycles. The molecule has 0 aromatic carbocycles. The van der Waals surface area contributed by atoms with Gasteiger partial charge in [-0.15, -0.1) is 0 Å². The number of anilines is 1. The number of nitrogens with zero attached hydrogens (tertiary/aromatic N) is 1. The van der Waals surface area contributed by atoms with E-state index in [0.717, 1.165) is 11.3 Å². The standard InChI is InChI=1S/C11H17ClN2O/c1-8-4-5-13-10(12)9(8)14-6-11(2,3)7-15/h4-5,14-15H,6-7H2,1-3H3. The lowest BCUT2D eigenvalue weighted by atomic mass is 9.95. The van der Waals surface area contributed by atoms with E-state index in [2.05, 4.69) is 10.3 Å². The fraction of sp³-hybridized carbons (Fsp3) is 0.545. The second kappa shape index (κ2) is 4.81. The lowest BCUT2D eigenvalue weighted by molar-refractivity contribution is 0.171. The smallest absolute Gasteiger partial charge is 0.152 e. The van der Waals surface area contributed by atoms with Gasteiger partial charge in [0.05, 0.1) is 5.69 Å². The van der Waals surface area contributed by atoms with Crippen molar-refractivity contribution in [3.05, 3.63) is 23.0 Å². The zero-order chi connectivity index (χ0) is 11.5. The highest BCUT2D eigenvalue weighted by Gasteiger charge is 2.17. The number of aliphatic hydroxyl groups is 1. The second-order valence-electron chi connectivity index (χ2n) is 4.47. The largest absolute Gasteiger partial charge is 0.396 e. The quantitative estimate of drug-likeness (QED) is 0.779. The number of hydrogen-bond donors (Lipinski definition) is 2. The molecular formula is C11H17ClN2O. The highest BCUT2D eigenvalue weighted by molar-refractivity contribution is 6.32. The number of halogens is 1. The van der Waals surface area contributed by atoms with Gasteiger partial charge in [-0.25, -0.2) is 4.98 Å². The number of pyridine rings is 1. The molecule has 0 unspecified atom stereocenters. The zero-order valence-electron chi connectivity index (χ0n) is 9.34. The Bertz CT molecular complexity index is 319. The number of nitrogens with one attached hydrogen (secondary N) is 1. The van der Waals surface area contributed by atoms with Crippen molar-refractivity contribution in [2.75, 3.05) is 18.5 Å². The van der Waals surface area contributed by atoms with Gasteiger partial charge in [-0.05, 0) is 18.6 Å². The van der Waals surface area contributed by atoms with Crippen molar-refractivity contribution in [1.82, 2.24) is 4.98 Å². The molecule has 0 bridgehead atoms. The molecule has 0 aliphatic rings. The van der Waals surface area contributed by atoms with Gasteiger partial charge in [0.2, 0.25) is 0 Å². The molecule has 0 amide bonds. The minimum atomic E-state index is -0.161. The third-order valence-electron chi connectivity index (χ3n) is 2.28. The van der Waals surface area contributed by atoms with E-state index >= 15 is 0 Å². The second-order valence-corrected chi connectivity index (χ2v) is 4.83. The number of aromatic nitrogens is 1. The predicted molar refractivity (Wildman–Crippen MR) is 63.3 cm³/mol. The highest BCUT2D eigenvalue weighted by Crippen LogP contribution is 2.24. The Morgan fingerprint density at radius 3 is 2.73 bits per heavy atom. The van der Waals surface area contributed by atoms with Crippen LogP contribution >= 0.6 is 11.6 Å². The molecule has 0 radical (unpaired) electrons.